The predicted molar refractivity (Wildman–Crippen MR) is 83.7 cm³/mol. The Morgan fingerprint density at radius 1 is 0.900 bits per heavy atom. The van der Waals surface area contributed by atoms with E-state index in [-0.39, 0.29) is 5.92 Å². The molecule has 5 aliphatic rings. The first-order valence-corrected chi connectivity index (χ1v) is 9.21. The molecule has 0 aromatic carbocycles. The van der Waals surface area contributed by atoms with Crippen LogP contribution in [0.4, 0.5) is 0 Å². The van der Waals surface area contributed by atoms with E-state index in [4.69, 9.17) is 0 Å². The van der Waals surface area contributed by atoms with Crippen molar-refractivity contribution in [3.63, 3.8) is 0 Å². The van der Waals surface area contributed by atoms with Crippen LogP contribution in [0, 0.1) is 29.6 Å². The van der Waals surface area contributed by atoms with Crippen LogP contribution in [0.25, 0.3) is 0 Å². The highest BCUT2D eigenvalue weighted by Crippen LogP contribution is 2.53. The molecule has 0 saturated heterocycles. The van der Waals surface area contributed by atoms with Crippen molar-refractivity contribution in [1.82, 2.24) is 5.32 Å². The van der Waals surface area contributed by atoms with Crippen molar-refractivity contribution >= 4 is 18.5 Å². The minimum absolute atomic E-state index is 0.171. The van der Waals surface area contributed by atoms with Gasteiger partial charge in [0, 0.05) is 17.2 Å². The van der Waals surface area contributed by atoms with E-state index in [9.17, 15) is 4.79 Å². The highest BCUT2D eigenvalue weighted by molar-refractivity contribution is 7.81. The van der Waals surface area contributed by atoms with E-state index in [2.05, 4.69) is 17.9 Å². The normalized spacial score (nSPS) is 50.1. The van der Waals surface area contributed by atoms with E-state index < -0.39 is 0 Å². The summed E-state index contributed by atoms with van der Waals surface area (Å²) in [5.41, 5.74) is 0. The summed E-state index contributed by atoms with van der Waals surface area (Å²) in [6.45, 7) is 0. The molecule has 2 atom stereocenters. The van der Waals surface area contributed by atoms with Gasteiger partial charge < -0.3 is 5.32 Å². The molecule has 1 N–H and O–H groups in total. The molecule has 5 aliphatic carbocycles. The average Bonchev–Trinajstić information content (AvgIpc) is 2.42. The van der Waals surface area contributed by atoms with E-state index in [1.165, 1.54) is 44.9 Å². The van der Waals surface area contributed by atoms with Crippen LogP contribution in [-0.4, -0.2) is 17.2 Å². The summed E-state index contributed by atoms with van der Waals surface area (Å²) in [5, 5.41) is 3.77. The number of hydrogen-bond donors (Lipinski definition) is 2. The Labute approximate surface area is 127 Å². The molecule has 2 unspecified atom stereocenters. The van der Waals surface area contributed by atoms with Gasteiger partial charge in [0.05, 0.1) is 0 Å². The highest BCUT2D eigenvalue weighted by atomic mass is 32.1. The van der Waals surface area contributed by atoms with Crippen LogP contribution in [0.5, 0.6) is 0 Å². The maximum absolute atomic E-state index is 12.6. The molecule has 20 heavy (non-hydrogen) atoms. The Kier molecular flexibility index (Phi) is 3.52. The van der Waals surface area contributed by atoms with Gasteiger partial charge in [0.2, 0.25) is 5.91 Å². The van der Waals surface area contributed by atoms with Crippen LogP contribution in [0.15, 0.2) is 0 Å². The van der Waals surface area contributed by atoms with Crippen molar-refractivity contribution in [3.05, 3.63) is 0 Å². The van der Waals surface area contributed by atoms with Crippen LogP contribution in [0.3, 0.4) is 0 Å². The Hall–Kier alpha value is -0.180. The maximum Gasteiger partial charge on any atom is 0.224 e. The second-order valence-electron chi connectivity index (χ2n) is 7.92. The molecule has 5 saturated carbocycles. The monoisotopic (exact) mass is 293 g/mol. The number of nitrogens with one attached hydrogen (secondary N) is 1. The van der Waals surface area contributed by atoms with E-state index in [0.717, 1.165) is 36.5 Å². The third kappa shape index (κ3) is 2.30. The fraction of sp³-hybridized carbons (Fsp3) is 0.941. The molecule has 0 aliphatic heterocycles. The number of hydrogen-bond acceptors (Lipinski definition) is 2. The lowest BCUT2D eigenvalue weighted by Crippen LogP contribution is -2.57. The number of rotatable bonds is 2. The number of thiol groups is 1. The SMILES string of the molecule is O=C(NC1C2CC3CC(C2)CC1C3)C1CCCCC1S. The smallest absolute Gasteiger partial charge is 0.224 e. The lowest BCUT2D eigenvalue weighted by Gasteiger charge is -2.54. The van der Waals surface area contributed by atoms with E-state index in [1.54, 1.807) is 0 Å². The molecule has 112 valence electrons. The second kappa shape index (κ2) is 5.23. The van der Waals surface area contributed by atoms with Crippen molar-refractivity contribution in [2.75, 3.05) is 0 Å². The molecular weight excluding hydrogens is 266 g/mol. The van der Waals surface area contributed by atoms with Crippen LogP contribution in [0.1, 0.15) is 57.8 Å². The molecule has 4 bridgehead atoms. The second-order valence-corrected chi connectivity index (χ2v) is 8.59. The zero-order valence-electron chi connectivity index (χ0n) is 12.3. The lowest BCUT2D eigenvalue weighted by atomic mass is 9.54. The number of amides is 1. The van der Waals surface area contributed by atoms with Crippen molar-refractivity contribution in [3.8, 4) is 0 Å². The summed E-state index contributed by atoms with van der Waals surface area (Å²) in [4.78, 5) is 12.6. The highest BCUT2D eigenvalue weighted by Gasteiger charge is 2.49. The summed E-state index contributed by atoms with van der Waals surface area (Å²) in [7, 11) is 0. The minimum atomic E-state index is 0.171. The summed E-state index contributed by atoms with van der Waals surface area (Å²) in [5.74, 6) is 4.04. The first kappa shape index (κ1) is 13.5. The van der Waals surface area contributed by atoms with Crippen LogP contribution in [0.2, 0.25) is 0 Å². The van der Waals surface area contributed by atoms with Crippen molar-refractivity contribution in [1.29, 1.82) is 0 Å². The average molecular weight is 293 g/mol. The summed E-state index contributed by atoms with van der Waals surface area (Å²) in [6, 6.07) is 0.498. The molecule has 0 aromatic rings. The third-order valence-corrected chi connectivity index (χ3v) is 7.22. The molecule has 5 rings (SSSR count). The molecule has 2 nitrogen and oxygen atoms in total. The maximum atomic E-state index is 12.6. The molecule has 0 heterocycles. The quantitative estimate of drug-likeness (QED) is 0.751. The Morgan fingerprint density at radius 3 is 2.10 bits per heavy atom. The summed E-state index contributed by atoms with van der Waals surface area (Å²) in [6.07, 6.45) is 11.6. The topological polar surface area (TPSA) is 29.1 Å². The van der Waals surface area contributed by atoms with Gasteiger partial charge in [-0.1, -0.05) is 12.8 Å². The van der Waals surface area contributed by atoms with Gasteiger partial charge >= 0.3 is 0 Å². The van der Waals surface area contributed by atoms with Crippen LogP contribution in [-0.2, 0) is 4.79 Å². The zero-order chi connectivity index (χ0) is 13.7. The Morgan fingerprint density at radius 2 is 1.50 bits per heavy atom. The molecule has 5 fully saturated rings. The first-order valence-electron chi connectivity index (χ1n) is 8.69. The van der Waals surface area contributed by atoms with Crippen molar-refractivity contribution in [2.24, 2.45) is 29.6 Å². The Balaban J connectivity index is 1.42. The van der Waals surface area contributed by atoms with Gasteiger partial charge in [-0.15, -0.1) is 0 Å². The summed E-state index contributed by atoms with van der Waals surface area (Å²) < 4.78 is 0. The van der Waals surface area contributed by atoms with Crippen LogP contribution >= 0.6 is 12.6 Å². The van der Waals surface area contributed by atoms with Gasteiger partial charge in [0.15, 0.2) is 0 Å². The van der Waals surface area contributed by atoms with Gasteiger partial charge in [-0.05, 0) is 68.6 Å². The minimum Gasteiger partial charge on any atom is -0.353 e. The number of carbonyl (C=O) groups is 1. The molecule has 3 heteroatoms. The third-order valence-electron chi connectivity index (χ3n) is 6.60. The predicted octanol–water partition coefficient (Wildman–Crippen LogP) is 3.42. The van der Waals surface area contributed by atoms with Gasteiger partial charge in [-0.2, -0.15) is 12.6 Å². The summed E-state index contributed by atoms with van der Waals surface area (Å²) >= 11 is 4.66. The van der Waals surface area contributed by atoms with Crippen molar-refractivity contribution < 1.29 is 4.79 Å². The zero-order valence-corrected chi connectivity index (χ0v) is 13.2. The molecule has 0 aromatic heterocycles. The molecule has 1 amide bonds. The van der Waals surface area contributed by atoms with E-state index in [1.807, 2.05) is 0 Å². The van der Waals surface area contributed by atoms with E-state index >= 15 is 0 Å². The largest absolute Gasteiger partial charge is 0.353 e. The molecule has 0 radical (unpaired) electrons. The number of carbonyl (C=O) groups excluding carboxylic acids is 1. The first-order chi connectivity index (χ1) is 9.70. The molecular formula is C17H27NOS. The lowest BCUT2D eigenvalue weighted by molar-refractivity contribution is -0.129. The fourth-order valence-electron chi connectivity index (χ4n) is 5.85. The van der Waals surface area contributed by atoms with Crippen LogP contribution < -0.4 is 5.32 Å². The van der Waals surface area contributed by atoms with Crippen molar-refractivity contribution in [2.45, 2.75) is 69.1 Å². The van der Waals surface area contributed by atoms with Gasteiger partial charge in [0.25, 0.3) is 0 Å². The van der Waals surface area contributed by atoms with Gasteiger partial charge in [-0.25, -0.2) is 0 Å². The van der Waals surface area contributed by atoms with Gasteiger partial charge in [-0.3, -0.25) is 4.79 Å². The molecule has 0 spiro atoms. The fourth-order valence-corrected chi connectivity index (χ4v) is 6.32. The van der Waals surface area contributed by atoms with E-state index in [0.29, 0.717) is 17.2 Å². The van der Waals surface area contributed by atoms with Gasteiger partial charge in [0.1, 0.15) is 0 Å². The standard InChI is InChI=1S/C17H27NOS/c19-17(14-3-1-2-4-15(14)20)18-16-12-6-10-5-11(8-12)9-13(16)7-10/h10-16,20H,1-9H2,(H,18,19). The Bertz CT molecular complexity index is 368.